The summed E-state index contributed by atoms with van der Waals surface area (Å²) in [6.45, 7) is 2.06. The van der Waals surface area contributed by atoms with Gasteiger partial charge in [0, 0.05) is 25.9 Å². The van der Waals surface area contributed by atoms with Gasteiger partial charge in [-0.1, -0.05) is 6.07 Å². The number of ketones is 1. The fourth-order valence-corrected chi connectivity index (χ4v) is 1.95. The van der Waals surface area contributed by atoms with Crippen LogP contribution < -0.4 is 5.32 Å². The zero-order valence-electron chi connectivity index (χ0n) is 9.92. The number of hydrogen-bond donors (Lipinski definition) is 1. The second-order valence-electron chi connectivity index (χ2n) is 4.36. The number of benzene rings is 1. The third-order valence-electron chi connectivity index (χ3n) is 2.85. The third kappa shape index (κ3) is 3.58. The van der Waals surface area contributed by atoms with Crippen LogP contribution in [0.25, 0.3) is 0 Å². The minimum absolute atomic E-state index is 0.0327. The van der Waals surface area contributed by atoms with Gasteiger partial charge in [0.25, 0.3) is 0 Å². The maximum absolute atomic E-state index is 13.0. The highest BCUT2D eigenvalue weighted by atomic mass is 19.2. The van der Waals surface area contributed by atoms with Crippen molar-refractivity contribution in [1.29, 1.82) is 0 Å². The fourth-order valence-electron chi connectivity index (χ4n) is 1.95. The van der Waals surface area contributed by atoms with E-state index in [-0.39, 0.29) is 18.3 Å². The smallest absolute Gasteiger partial charge is 0.159 e. The van der Waals surface area contributed by atoms with E-state index in [4.69, 9.17) is 4.74 Å². The van der Waals surface area contributed by atoms with Crippen molar-refractivity contribution in [1.82, 2.24) is 5.32 Å². The molecule has 3 nitrogen and oxygen atoms in total. The first-order valence-electron chi connectivity index (χ1n) is 5.93. The largest absolute Gasteiger partial charge is 0.375 e. The van der Waals surface area contributed by atoms with Gasteiger partial charge in [0.15, 0.2) is 11.6 Å². The van der Waals surface area contributed by atoms with Crippen LogP contribution in [0.4, 0.5) is 8.78 Å². The maximum Gasteiger partial charge on any atom is 0.159 e. The summed E-state index contributed by atoms with van der Waals surface area (Å²) in [5, 5.41) is 3.13. The molecule has 2 rings (SSSR count). The van der Waals surface area contributed by atoms with Crippen molar-refractivity contribution in [2.45, 2.75) is 18.9 Å². The molecular formula is C13H15F2NO2. The van der Waals surface area contributed by atoms with Crippen molar-refractivity contribution in [2.24, 2.45) is 0 Å². The van der Waals surface area contributed by atoms with Crippen molar-refractivity contribution >= 4 is 5.78 Å². The summed E-state index contributed by atoms with van der Waals surface area (Å²) in [5.74, 6) is -1.85. The molecule has 1 unspecified atom stereocenters. The molecule has 0 amide bonds. The molecule has 1 aliphatic rings. The minimum Gasteiger partial charge on any atom is -0.375 e. The number of ether oxygens (including phenoxy) is 1. The summed E-state index contributed by atoms with van der Waals surface area (Å²) >= 11 is 0. The Morgan fingerprint density at radius 3 is 2.89 bits per heavy atom. The van der Waals surface area contributed by atoms with Gasteiger partial charge in [-0.2, -0.15) is 0 Å². The second-order valence-corrected chi connectivity index (χ2v) is 4.36. The molecular weight excluding hydrogens is 240 g/mol. The van der Waals surface area contributed by atoms with Gasteiger partial charge in [-0.3, -0.25) is 4.79 Å². The highest BCUT2D eigenvalue weighted by molar-refractivity contribution is 5.81. The van der Waals surface area contributed by atoms with Gasteiger partial charge in [-0.15, -0.1) is 0 Å². The number of carbonyl (C=O) groups is 1. The van der Waals surface area contributed by atoms with E-state index >= 15 is 0 Å². The first-order chi connectivity index (χ1) is 8.65. The SMILES string of the molecule is O=C(Cc1ccc(F)c(F)c1)CC1CNCCO1. The molecule has 1 aromatic rings. The molecule has 1 fully saturated rings. The molecule has 1 heterocycles. The van der Waals surface area contributed by atoms with E-state index in [1.807, 2.05) is 0 Å². The van der Waals surface area contributed by atoms with Gasteiger partial charge < -0.3 is 10.1 Å². The van der Waals surface area contributed by atoms with Crippen molar-refractivity contribution in [2.75, 3.05) is 19.7 Å². The topological polar surface area (TPSA) is 38.3 Å². The highest BCUT2D eigenvalue weighted by Gasteiger charge is 2.17. The van der Waals surface area contributed by atoms with E-state index in [0.717, 1.165) is 18.7 Å². The van der Waals surface area contributed by atoms with E-state index in [1.165, 1.54) is 6.07 Å². The molecule has 0 radical (unpaired) electrons. The van der Waals surface area contributed by atoms with E-state index in [9.17, 15) is 13.6 Å². The lowest BCUT2D eigenvalue weighted by Gasteiger charge is -2.22. The van der Waals surface area contributed by atoms with Gasteiger partial charge >= 0.3 is 0 Å². The van der Waals surface area contributed by atoms with Gasteiger partial charge in [-0.25, -0.2) is 8.78 Å². The van der Waals surface area contributed by atoms with Crippen LogP contribution in [0.5, 0.6) is 0 Å². The Balaban J connectivity index is 1.88. The number of hydrogen-bond acceptors (Lipinski definition) is 3. The van der Waals surface area contributed by atoms with Crippen LogP contribution in [0.3, 0.4) is 0 Å². The van der Waals surface area contributed by atoms with Crippen LogP contribution in [0.1, 0.15) is 12.0 Å². The highest BCUT2D eigenvalue weighted by Crippen LogP contribution is 2.11. The lowest BCUT2D eigenvalue weighted by Crippen LogP contribution is -2.39. The molecule has 18 heavy (non-hydrogen) atoms. The van der Waals surface area contributed by atoms with Crippen LogP contribution in [0.15, 0.2) is 18.2 Å². The molecule has 1 atom stereocenters. The normalized spacial score (nSPS) is 19.8. The van der Waals surface area contributed by atoms with Crippen LogP contribution in [0, 0.1) is 11.6 Å². The lowest BCUT2D eigenvalue weighted by atomic mass is 10.0. The Labute approximate surface area is 104 Å². The number of halogens is 2. The predicted molar refractivity (Wildman–Crippen MR) is 62.3 cm³/mol. The van der Waals surface area contributed by atoms with Crippen molar-refractivity contribution < 1.29 is 18.3 Å². The Morgan fingerprint density at radius 2 is 2.22 bits per heavy atom. The predicted octanol–water partition coefficient (Wildman–Crippen LogP) is 1.45. The Kier molecular flexibility index (Phi) is 4.38. The summed E-state index contributed by atoms with van der Waals surface area (Å²) in [7, 11) is 0. The van der Waals surface area contributed by atoms with Gasteiger partial charge in [0.1, 0.15) is 5.78 Å². The third-order valence-corrected chi connectivity index (χ3v) is 2.85. The van der Waals surface area contributed by atoms with E-state index in [0.29, 0.717) is 25.1 Å². The van der Waals surface area contributed by atoms with Crippen molar-refractivity contribution in [3.8, 4) is 0 Å². The number of morpholine rings is 1. The monoisotopic (exact) mass is 255 g/mol. The molecule has 0 aromatic heterocycles. The first-order valence-corrected chi connectivity index (χ1v) is 5.93. The van der Waals surface area contributed by atoms with Crippen LogP contribution >= 0.6 is 0 Å². The molecule has 1 N–H and O–H groups in total. The van der Waals surface area contributed by atoms with Crippen LogP contribution in [-0.2, 0) is 16.0 Å². The molecule has 0 spiro atoms. The Hall–Kier alpha value is -1.33. The van der Waals surface area contributed by atoms with Gasteiger partial charge in [-0.05, 0) is 17.7 Å². The fraction of sp³-hybridized carbons (Fsp3) is 0.462. The van der Waals surface area contributed by atoms with E-state index in [2.05, 4.69) is 5.32 Å². The summed E-state index contributed by atoms with van der Waals surface area (Å²) < 4.78 is 31.1. The number of Topliss-reactive ketones (excluding diaryl/α,β-unsaturated/α-hetero) is 1. The quantitative estimate of drug-likeness (QED) is 0.885. The van der Waals surface area contributed by atoms with Crippen LogP contribution in [-0.4, -0.2) is 31.6 Å². The number of rotatable bonds is 4. The standard InChI is InChI=1S/C13H15F2NO2/c14-12-2-1-9(6-13(12)15)5-10(17)7-11-8-16-3-4-18-11/h1-2,6,11,16H,3-5,7-8H2. The summed E-state index contributed by atoms with van der Waals surface area (Å²) in [6, 6.07) is 3.53. The minimum atomic E-state index is -0.920. The molecule has 0 aliphatic carbocycles. The molecule has 0 saturated carbocycles. The Morgan fingerprint density at radius 1 is 1.39 bits per heavy atom. The first kappa shape index (κ1) is 13.1. The number of carbonyl (C=O) groups excluding carboxylic acids is 1. The molecule has 1 aromatic carbocycles. The average molecular weight is 255 g/mol. The molecule has 1 saturated heterocycles. The molecule has 98 valence electrons. The second kappa shape index (κ2) is 6.02. The lowest BCUT2D eigenvalue weighted by molar-refractivity contribution is -0.121. The van der Waals surface area contributed by atoms with Crippen LogP contribution in [0.2, 0.25) is 0 Å². The maximum atomic E-state index is 13.0. The van der Waals surface area contributed by atoms with Gasteiger partial charge in [0.05, 0.1) is 12.7 Å². The summed E-state index contributed by atoms with van der Waals surface area (Å²) in [6.07, 6.45) is 0.291. The van der Waals surface area contributed by atoms with E-state index < -0.39 is 11.6 Å². The van der Waals surface area contributed by atoms with Crippen molar-refractivity contribution in [3.05, 3.63) is 35.4 Å². The zero-order valence-corrected chi connectivity index (χ0v) is 9.92. The molecule has 5 heteroatoms. The summed E-state index contributed by atoms with van der Waals surface area (Å²) in [4.78, 5) is 11.8. The zero-order chi connectivity index (χ0) is 13.0. The molecule has 0 bridgehead atoms. The molecule has 1 aliphatic heterocycles. The van der Waals surface area contributed by atoms with E-state index in [1.54, 1.807) is 0 Å². The summed E-state index contributed by atoms with van der Waals surface area (Å²) in [5.41, 5.74) is 0.489. The van der Waals surface area contributed by atoms with Gasteiger partial charge in [0.2, 0.25) is 0 Å². The Bertz CT molecular complexity index is 431. The number of nitrogens with one attached hydrogen (secondary N) is 1. The van der Waals surface area contributed by atoms with Crippen molar-refractivity contribution in [3.63, 3.8) is 0 Å². The average Bonchev–Trinajstić information content (AvgIpc) is 2.35.